The number of Topliss-reactive ketones (excluding diaryl/α,β-unsaturated/α-hetero) is 1. The number of benzene rings is 2. The van der Waals surface area contributed by atoms with Crippen LogP contribution in [0.2, 0.25) is 5.02 Å². The number of aliphatic hydroxyl groups is 1. The van der Waals surface area contributed by atoms with Crippen LogP contribution in [-0.4, -0.2) is 35.9 Å². The maximum absolute atomic E-state index is 13.2. The summed E-state index contributed by atoms with van der Waals surface area (Å²) in [6.45, 7) is 1.98. The molecule has 0 saturated carbocycles. The van der Waals surface area contributed by atoms with Crippen molar-refractivity contribution in [3.63, 3.8) is 0 Å². The molecule has 4 rings (SSSR count). The van der Waals surface area contributed by atoms with Crippen molar-refractivity contribution in [1.82, 2.24) is 4.90 Å². The minimum atomic E-state index is -0.832. The molecule has 0 aliphatic carbocycles. The van der Waals surface area contributed by atoms with E-state index in [1.54, 1.807) is 12.1 Å². The number of furan rings is 1. The second-order valence-electron chi connectivity index (χ2n) is 7.61. The van der Waals surface area contributed by atoms with Crippen LogP contribution in [0.5, 0.6) is 11.5 Å². The van der Waals surface area contributed by atoms with Crippen molar-refractivity contribution < 1.29 is 28.6 Å². The molecular formula is C25H22ClNO6. The van der Waals surface area contributed by atoms with E-state index in [2.05, 4.69) is 0 Å². The van der Waals surface area contributed by atoms with Gasteiger partial charge in [0.05, 0.1) is 49.2 Å². The predicted molar refractivity (Wildman–Crippen MR) is 122 cm³/mol. The van der Waals surface area contributed by atoms with Gasteiger partial charge in [-0.05, 0) is 30.7 Å². The highest BCUT2D eigenvalue weighted by Gasteiger charge is 2.46. The number of rotatable bonds is 6. The van der Waals surface area contributed by atoms with E-state index in [0.717, 1.165) is 5.56 Å². The van der Waals surface area contributed by atoms with Crippen LogP contribution in [0.4, 0.5) is 0 Å². The summed E-state index contributed by atoms with van der Waals surface area (Å²) in [5.74, 6) is -0.885. The molecule has 1 aromatic heterocycles. The quantitative estimate of drug-likeness (QED) is 0.316. The molecule has 1 fully saturated rings. The summed E-state index contributed by atoms with van der Waals surface area (Å²) in [4.78, 5) is 27.7. The van der Waals surface area contributed by atoms with E-state index in [4.69, 9.17) is 25.5 Å². The lowest BCUT2D eigenvalue weighted by atomic mass is 9.94. The van der Waals surface area contributed by atoms with E-state index in [-0.39, 0.29) is 40.0 Å². The minimum absolute atomic E-state index is 0.0557. The fraction of sp³-hybridized carbons (Fsp3) is 0.200. The van der Waals surface area contributed by atoms with Crippen molar-refractivity contribution in [2.75, 3.05) is 14.2 Å². The maximum atomic E-state index is 13.2. The van der Waals surface area contributed by atoms with Crippen LogP contribution in [0.25, 0.3) is 5.76 Å². The monoisotopic (exact) mass is 467 g/mol. The van der Waals surface area contributed by atoms with Gasteiger partial charge in [-0.1, -0.05) is 41.4 Å². The van der Waals surface area contributed by atoms with E-state index in [9.17, 15) is 14.7 Å². The number of hydrogen-bond donors (Lipinski definition) is 1. The second kappa shape index (κ2) is 9.03. The molecule has 33 heavy (non-hydrogen) atoms. The number of ether oxygens (including phenoxy) is 2. The summed E-state index contributed by atoms with van der Waals surface area (Å²) in [5.41, 5.74) is 1.76. The molecular weight excluding hydrogens is 446 g/mol. The van der Waals surface area contributed by atoms with Crippen molar-refractivity contribution in [2.45, 2.75) is 19.5 Å². The molecule has 1 N–H and O–H groups in total. The summed E-state index contributed by atoms with van der Waals surface area (Å²) < 4.78 is 16.1. The van der Waals surface area contributed by atoms with Crippen LogP contribution in [0.15, 0.2) is 64.8 Å². The Bertz CT molecular complexity index is 1250. The zero-order valence-electron chi connectivity index (χ0n) is 18.3. The van der Waals surface area contributed by atoms with Crippen LogP contribution >= 0.6 is 11.6 Å². The Morgan fingerprint density at radius 2 is 1.85 bits per heavy atom. The maximum Gasteiger partial charge on any atom is 0.296 e. The lowest BCUT2D eigenvalue weighted by molar-refractivity contribution is -0.140. The van der Waals surface area contributed by atoms with Crippen molar-refractivity contribution in [2.24, 2.45) is 0 Å². The van der Waals surface area contributed by atoms with Gasteiger partial charge in [0, 0.05) is 6.07 Å². The summed E-state index contributed by atoms with van der Waals surface area (Å²) >= 11 is 6.20. The number of carbonyl (C=O) groups excluding carboxylic acids is 2. The molecule has 8 heteroatoms. The third kappa shape index (κ3) is 4.07. The van der Waals surface area contributed by atoms with Crippen LogP contribution in [0, 0.1) is 6.92 Å². The number of amides is 1. The van der Waals surface area contributed by atoms with Crippen molar-refractivity contribution >= 4 is 29.1 Å². The first-order chi connectivity index (χ1) is 15.8. The Kier molecular flexibility index (Phi) is 6.16. The normalized spacial score (nSPS) is 17.5. The third-order valence-corrected chi connectivity index (χ3v) is 5.83. The molecule has 1 amide bonds. The minimum Gasteiger partial charge on any atom is -0.507 e. The van der Waals surface area contributed by atoms with E-state index >= 15 is 0 Å². The zero-order valence-corrected chi connectivity index (χ0v) is 19.1. The fourth-order valence-electron chi connectivity index (χ4n) is 3.99. The SMILES string of the molecule is COc1cc(/C(O)=C2\C(=O)C(=O)N(Cc3ccco3)C2c2cccc(C)c2)c(OC)cc1Cl. The van der Waals surface area contributed by atoms with Crippen molar-refractivity contribution in [3.05, 3.63) is 87.8 Å². The van der Waals surface area contributed by atoms with E-state index in [0.29, 0.717) is 11.3 Å². The highest BCUT2D eigenvalue weighted by molar-refractivity contribution is 6.46. The molecule has 3 aromatic rings. The van der Waals surface area contributed by atoms with Crippen LogP contribution in [0.3, 0.4) is 0 Å². The highest BCUT2D eigenvalue weighted by atomic mass is 35.5. The number of ketones is 1. The first-order valence-corrected chi connectivity index (χ1v) is 10.5. The number of nitrogens with zero attached hydrogens (tertiary/aromatic N) is 1. The Balaban J connectivity index is 1.94. The van der Waals surface area contributed by atoms with Crippen molar-refractivity contribution in [3.8, 4) is 11.5 Å². The van der Waals surface area contributed by atoms with Gasteiger partial charge in [-0.3, -0.25) is 9.59 Å². The number of methoxy groups -OCH3 is 2. The summed E-state index contributed by atoms with van der Waals surface area (Å²) in [5, 5.41) is 11.6. The second-order valence-corrected chi connectivity index (χ2v) is 8.01. The van der Waals surface area contributed by atoms with E-state index < -0.39 is 17.7 Å². The lowest BCUT2D eigenvalue weighted by Crippen LogP contribution is -2.29. The first-order valence-electron chi connectivity index (χ1n) is 10.1. The predicted octanol–water partition coefficient (Wildman–Crippen LogP) is 4.88. The van der Waals surface area contributed by atoms with Gasteiger partial charge >= 0.3 is 0 Å². The Morgan fingerprint density at radius 1 is 1.09 bits per heavy atom. The molecule has 1 atom stereocenters. The summed E-state index contributed by atoms with van der Waals surface area (Å²) in [7, 11) is 2.86. The highest BCUT2D eigenvalue weighted by Crippen LogP contribution is 2.43. The Labute approximate surface area is 195 Å². The smallest absolute Gasteiger partial charge is 0.296 e. The number of aliphatic hydroxyl groups excluding tert-OH is 1. The molecule has 2 aromatic carbocycles. The molecule has 1 aliphatic rings. The molecule has 0 bridgehead atoms. The number of carbonyl (C=O) groups is 2. The average Bonchev–Trinajstić information content (AvgIpc) is 3.40. The molecule has 170 valence electrons. The van der Waals surface area contributed by atoms with E-state index in [1.807, 2.05) is 31.2 Å². The first kappa shape index (κ1) is 22.5. The van der Waals surface area contributed by atoms with Gasteiger partial charge in [0.25, 0.3) is 11.7 Å². The van der Waals surface area contributed by atoms with Crippen molar-refractivity contribution in [1.29, 1.82) is 0 Å². The van der Waals surface area contributed by atoms with Gasteiger partial charge in [-0.15, -0.1) is 0 Å². The van der Waals surface area contributed by atoms with Gasteiger partial charge in [0.2, 0.25) is 0 Å². The Hall–Kier alpha value is -3.71. The van der Waals surface area contributed by atoms with Crippen LogP contribution in [0.1, 0.15) is 28.5 Å². The van der Waals surface area contributed by atoms with Gasteiger partial charge in [-0.2, -0.15) is 0 Å². The summed E-state index contributed by atoms with van der Waals surface area (Å²) in [6.07, 6.45) is 1.50. The van der Waals surface area contributed by atoms with Crippen LogP contribution < -0.4 is 9.47 Å². The fourth-order valence-corrected chi connectivity index (χ4v) is 4.22. The zero-order chi connectivity index (χ0) is 23.7. The largest absolute Gasteiger partial charge is 0.507 e. The number of likely N-dealkylation sites (tertiary alicyclic amines) is 1. The van der Waals surface area contributed by atoms with Gasteiger partial charge in [0.1, 0.15) is 23.0 Å². The topological polar surface area (TPSA) is 89.2 Å². The van der Waals surface area contributed by atoms with Gasteiger partial charge in [0.15, 0.2) is 0 Å². The van der Waals surface area contributed by atoms with E-state index in [1.165, 1.54) is 37.5 Å². The molecule has 0 spiro atoms. The molecule has 1 aliphatic heterocycles. The lowest BCUT2D eigenvalue weighted by Gasteiger charge is -2.25. The average molecular weight is 468 g/mol. The van der Waals surface area contributed by atoms with Gasteiger partial charge < -0.3 is 23.9 Å². The number of halogens is 1. The number of aryl methyl sites for hydroxylation is 1. The summed E-state index contributed by atoms with van der Waals surface area (Å²) in [6, 6.07) is 13.0. The molecule has 1 saturated heterocycles. The molecule has 0 radical (unpaired) electrons. The Morgan fingerprint density at radius 3 is 2.48 bits per heavy atom. The molecule has 7 nitrogen and oxygen atoms in total. The van der Waals surface area contributed by atoms with Gasteiger partial charge in [-0.25, -0.2) is 0 Å². The standard InChI is InChI=1S/C25H22ClNO6/c1-14-6-4-7-15(10-14)22-21(24(29)25(30)27(22)13-16-8-5-9-33-16)23(28)17-11-20(32-3)18(26)12-19(17)31-2/h4-12,22,28H,13H2,1-3H3/b23-21+. The third-order valence-electron chi connectivity index (χ3n) is 5.53. The molecule has 1 unspecified atom stereocenters. The molecule has 2 heterocycles. The van der Waals surface area contributed by atoms with Crippen LogP contribution in [-0.2, 0) is 16.1 Å². The number of hydrogen-bond acceptors (Lipinski definition) is 6.